The third-order valence-electron chi connectivity index (χ3n) is 3.11. The summed E-state index contributed by atoms with van der Waals surface area (Å²) < 4.78 is 13.9. The number of nitrogens with two attached hydrogens (primary N) is 1. The van der Waals surface area contributed by atoms with E-state index in [9.17, 15) is 9.00 Å². The van der Waals surface area contributed by atoms with Crippen LogP contribution in [0, 0.1) is 13.8 Å². The molecule has 0 spiro atoms. The van der Waals surface area contributed by atoms with Crippen LogP contribution in [-0.2, 0) is 17.3 Å². The molecule has 0 saturated heterocycles. The lowest BCUT2D eigenvalue weighted by atomic mass is 10.2. The Morgan fingerprint density at radius 2 is 1.95 bits per heavy atom. The second-order valence-corrected chi connectivity index (χ2v) is 6.35. The van der Waals surface area contributed by atoms with Crippen LogP contribution in [-0.4, -0.2) is 14.5 Å². The molecule has 0 aliphatic rings. The normalized spacial score (nSPS) is 12.3. The average Bonchev–Trinajstić information content (AvgIpc) is 2.42. The number of pyridine rings is 1. The maximum atomic E-state index is 12.4. The largest absolute Gasteiger partial charge is 0.398 e. The molecule has 20 heavy (non-hydrogen) atoms. The summed E-state index contributed by atoms with van der Waals surface area (Å²) in [7, 11) is -1.12. The van der Waals surface area contributed by atoms with Crippen LogP contribution in [0.5, 0.6) is 0 Å². The van der Waals surface area contributed by atoms with Crippen molar-refractivity contribution in [2.24, 2.45) is 0 Å². The van der Waals surface area contributed by atoms with Crippen molar-refractivity contribution in [3.63, 3.8) is 0 Å². The van der Waals surface area contributed by atoms with Gasteiger partial charge in [-0.3, -0.25) is 9.00 Å². The highest BCUT2D eigenvalue weighted by molar-refractivity contribution is 7.85. The van der Waals surface area contributed by atoms with E-state index in [2.05, 4.69) is 0 Å². The summed E-state index contributed by atoms with van der Waals surface area (Å²) in [6, 6.07) is 8.90. The van der Waals surface area contributed by atoms with Gasteiger partial charge < -0.3 is 10.3 Å². The van der Waals surface area contributed by atoms with Gasteiger partial charge in [0.05, 0.1) is 10.8 Å². The quantitative estimate of drug-likeness (QED) is 0.934. The van der Waals surface area contributed by atoms with Crippen molar-refractivity contribution >= 4 is 16.5 Å². The zero-order valence-electron chi connectivity index (χ0n) is 11.6. The van der Waals surface area contributed by atoms with Crippen LogP contribution >= 0.6 is 0 Å². The molecular formula is C15H18N2O2S. The number of hydrogen-bond acceptors (Lipinski definition) is 3. The van der Waals surface area contributed by atoms with Crippen molar-refractivity contribution in [2.75, 3.05) is 11.5 Å². The third kappa shape index (κ3) is 3.36. The molecule has 0 bridgehead atoms. The molecule has 1 aromatic heterocycles. The minimum Gasteiger partial charge on any atom is -0.398 e. The monoisotopic (exact) mass is 290 g/mol. The first-order valence-electron chi connectivity index (χ1n) is 6.39. The summed E-state index contributed by atoms with van der Waals surface area (Å²) >= 11 is 0. The van der Waals surface area contributed by atoms with E-state index in [1.807, 2.05) is 32.0 Å². The van der Waals surface area contributed by atoms with Crippen molar-refractivity contribution in [1.82, 2.24) is 4.57 Å². The Bertz CT molecular complexity index is 707. The molecule has 2 aromatic rings. The highest BCUT2D eigenvalue weighted by Crippen LogP contribution is 2.15. The fourth-order valence-electron chi connectivity index (χ4n) is 1.97. The molecule has 106 valence electrons. The van der Waals surface area contributed by atoms with Gasteiger partial charge >= 0.3 is 0 Å². The van der Waals surface area contributed by atoms with E-state index in [1.165, 1.54) is 10.6 Å². The topological polar surface area (TPSA) is 65.1 Å². The highest BCUT2D eigenvalue weighted by Gasteiger charge is 2.08. The fourth-order valence-corrected chi connectivity index (χ4v) is 3.30. The van der Waals surface area contributed by atoms with Crippen molar-refractivity contribution in [3.8, 4) is 0 Å². The molecule has 1 aromatic carbocycles. The van der Waals surface area contributed by atoms with Crippen molar-refractivity contribution in [1.29, 1.82) is 0 Å². The molecule has 0 radical (unpaired) electrons. The van der Waals surface area contributed by atoms with Gasteiger partial charge in [0.2, 0.25) is 0 Å². The van der Waals surface area contributed by atoms with Crippen LogP contribution in [0.25, 0.3) is 0 Å². The van der Waals surface area contributed by atoms with Crippen LogP contribution in [0.4, 0.5) is 5.69 Å². The molecule has 5 heteroatoms. The van der Waals surface area contributed by atoms with E-state index in [4.69, 9.17) is 5.73 Å². The highest BCUT2D eigenvalue weighted by atomic mass is 32.2. The van der Waals surface area contributed by atoms with E-state index in [0.29, 0.717) is 18.0 Å². The van der Waals surface area contributed by atoms with Gasteiger partial charge in [-0.15, -0.1) is 0 Å². The Morgan fingerprint density at radius 3 is 2.70 bits per heavy atom. The second-order valence-electron chi connectivity index (χ2n) is 4.81. The summed E-state index contributed by atoms with van der Waals surface area (Å²) in [6.07, 6.45) is 1.59. The van der Waals surface area contributed by atoms with Crippen LogP contribution in [0.15, 0.2) is 46.2 Å². The Kier molecular flexibility index (Phi) is 4.39. The van der Waals surface area contributed by atoms with E-state index in [0.717, 1.165) is 16.0 Å². The molecule has 1 atom stereocenters. The second kappa shape index (κ2) is 6.05. The number of benzene rings is 1. The predicted octanol–water partition coefficient (Wildman–Crippen LogP) is 1.86. The minimum atomic E-state index is -1.12. The smallest absolute Gasteiger partial charge is 0.250 e. The molecule has 0 saturated carbocycles. The lowest BCUT2D eigenvalue weighted by molar-refractivity contribution is 0.669. The van der Waals surface area contributed by atoms with Crippen LogP contribution < -0.4 is 11.3 Å². The zero-order chi connectivity index (χ0) is 14.7. The molecule has 1 heterocycles. The Morgan fingerprint density at radius 1 is 1.20 bits per heavy atom. The summed E-state index contributed by atoms with van der Waals surface area (Å²) in [5.41, 5.74) is 8.15. The van der Waals surface area contributed by atoms with E-state index in [-0.39, 0.29) is 5.56 Å². The van der Waals surface area contributed by atoms with Gasteiger partial charge in [0.25, 0.3) is 5.56 Å². The molecule has 4 nitrogen and oxygen atoms in total. The summed E-state index contributed by atoms with van der Waals surface area (Å²) in [4.78, 5) is 12.5. The number of hydrogen-bond donors (Lipinski definition) is 1. The van der Waals surface area contributed by atoms with Crippen molar-refractivity contribution < 1.29 is 4.21 Å². The van der Waals surface area contributed by atoms with Crippen LogP contribution in [0.1, 0.15) is 11.1 Å². The van der Waals surface area contributed by atoms with Gasteiger partial charge in [-0.2, -0.15) is 0 Å². The number of rotatable bonds is 4. The maximum absolute atomic E-state index is 12.4. The molecule has 2 N–H and O–H groups in total. The first-order valence-corrected chi connectivity index (χ1v) is 7.71. The Hall–Kier alpha value is -1.88. The van der Waals surface area contributed by atoms with E-state index >= 15 is 0 Å². The van der Waals surface area contributed by atoms with Crippen molar-refractivity contribution in [3.05, 3.63) is 58.0 Å². The van der Waals surface area contributed by atoms with Gasteiger partial charge in [-0.1, -0.05) is 12.1 Å². The first kappa shape index (κ1) is 14.5. The SMILES string of the molecule is Cc1ccc(C)c(S(=O)CCn2cc(N)ccc2=O)c1. The number of aromatic nitrogens is 1. The van der Waals surface area contributed by atoms with E-state index < -0.39 is 10.8 Å². The van der Waals surface area contributed by atoms with Gasteiger partial charge in [-0.05, 0) is 37.1 Å². The Labute approximate surface area is 120 Å². The molecule has 0 aliphatic carbocycles. The maximum Gasteiger partial charge on any atom is 0.250 e. The number of aryl methyl sites for hydroxylation is 3. The standard InChI is InChI=1S/C15H18N2O2S/c1-11-3-4-12(2)14(9-11)20(19)8-7-17-10-13(16)5-6-15(17)18/h3-6,9-10H,7-8,16H2,1-2H3. The van der Waals surface area contributed by atoms with Gasteiger partial charge in [-0.25, -0.2) is 0 Å². The van der Waals surface area contributed by atoms with Crippen LogP contribution in [0.3, 0.4) is 0 Å². The molecule has 2 rings (SSSR count). The predicted molar refractivity (Wildman–Crippen MR) is 82.3 cm³/mol. The van der Waals surface area contributed by atoms with E-state index in [1.54, 1.807) is 12.3 Å². The molecule has 0 amide bonds. The van der Waals surface area contributed by atoms with Crippen molar-refractivity contribution in [2.45, 2.75) is 25.3 Å². The Balaban J connectivity index is 2.14. The first-order chi connectivity index (χ1) is 9.47. The summed E-state index contributed by atoms with van der Waals surface area (Å²) in [5.74, 6) is 0.396. The third-order valence-corrected chi connectivity index (χ3v) is 4.60. The summed E-state index contributed by atoms with van der Waals surface area (Å²) in [6.45, 7) is 4.31. The number of nitrogen functional groups attached to an aromatic ring is 1. The zero-order valence-corrected chi connectivity index (χ0v) is 12.4. The van der Waals surface area contributed by atoms with Crippen LogP contribution in [0.2, 0.25) is 0 Å². The minimum absolute atomic E-state index is 0.128. The number of nitrogens with zero attached hydrogens (tertiary/aromatic N) is 1. The average molecular weight is 290 g/mol. The molecular weight excluding hydrogens is 272 g/mol. The van der Waals surface area contributed by atoms with Gasteiger partial charge in [0.15, 0.2) is 0 Å². The molecule has 0 fully saturated rings. The molecule has 1 unspecified atom stereocenters. The van der Waals surface area contributed by atoms with Gasteiger partial charge in [0.1, 0.15) is 0 Å². The lowest BCUT2D eigenvalue weighted by Crippen LogP contribution is -2.22. The van der Waals surface area contributed by atoms with Gasteiger partial charge in [0, 0.05) is 35.1 Å². The number of anilines is 1. The molecule has 0 aliphatic heterocycles. The fraction of sp³-hybridized carbons (Fsp3) is 0.267. The lowest BCUT2D eigenvalue weighted by Gasteiger charge is -2.09. The summed E-state index contributed by atoms with van der Waals surface area (Å²) in [5, 5.41) is 0.